The zero-order valence-electron chi connectivity index (χ0n) is 14.3. The number of hydrazine groups is 1. The van der Waals surface area contributed by atoms with E-state index < -0.39 is 0 Å². The van der Waals surface area contributed by atoms with Gasteiger partial charge in [-0.25, -0.2) is 9.82 Å². The molecule has 3 aromatic rings. The number of aromatic amines is 1. The number of anilines is 1. The van der Waals surface area contributed by atoms with Crippen LogP contribution in [0.2, 0.25) is 0 Å². The Morgan fingerprint density at radius 2 is 2.04 bits per heavy atom. The molecule has 0 spiro atoms. The van der Waals surface area contributed by atoms with Gasteiger partial charge >= 0.3 is 0 Å². The van der Waals surface area contributed by atoms with E-state index in [-0.39, 0.29) is 23.7 Å². The van der Waals surface area contributed by atoms with Gasteiger partial charge in [0.05, 0.1) is 12.0 Å². The molecule has 2 aromatic carbocycles. The number of nitrogens with zero attached hydrogens (tertiary/aromatic N) is 1. The van der Waals surface area contributed by atoms with Crippen molar-refractivity contribution in [3.8, 4) is 5.69 Å². The first kappa shape index (κ1) is 17.6. The van der Waals surface area contributed by atoms with Gasteiger partial charge in [0, 0.05) is 30.3 Å². The van der Waals surface area contributed by atoms with E-state index in [2.05, 4.69) is 21.2 Å². The van der Waals surface area contributed by atoms with E-state index in [0.717, 1.165) is 11.3 Å². The van der Waals surface area contributed by atoms with E-state index in [0.29, 0.717) is 17.0 Å². The van der Waals surface area contributed by atoms with E-state index in [1.165, 1.54) is 12.1 Å². The van der Waals surface area contributed by atoms with Gasteiger partial charge in [0.1, 0.15) is 5.82 Å². The molecule has 1 amide bonds. The molecule has 138 valence electrons. The second-order valence-corrected chi connectivity index (χ2v) is 6.72. The van der Waals surface area contributed by atoms with Gasteiger partial charge < -0.3 is 10.3 Å². The Hall–Kier alpha value is -2.81. The lowest BCUT2D eigenvalue weighted by atomic mass is 9.94. The minimum absolute atomic E-state index is 0.114. The molecule has 1 aromatic heterocycles. The summed E-state index contributed by atoms with van der Waals surface area (Å²) in [6, 6.07) is 13.4. The Labute approximate surface area is 160 Å². The van der Waals surface area contributed by atoms with Crippen molar-refractivity contribution < 1.29 is 9.18 Å². The molecule has 1 saturated heterocycles. The lowest BCUT2D eigenvalue weighted by Crippen LogP contribution is -2.29. The van der Waals surface area contributed by atoms with Gasteiger partial charge in [0.15, 0.2) is 4.77 Å². The Bertz CT molecular complexity index is 1010. The van der Waals surface area contributed by atoms with Gasteiger partial charge in [0.25, 0.3) is 0 Å². The van der Waals surface area contributed by atoms with Crippen LogP contribution >= 0.6 is 12.2 Å². The molecule has 27 heavy (non-hydrogen) atoms. The number of carbonyl (C=O) groups excluding carboxylic acids is 1. The summed E-state index contributed by atoms with van der Waals surface area (Å²) in [6.45, 7) is 0.483. The second kappa shape index (κ2) is 7.43. The fourth-order valence-corrected chi connectivity index (χ4v) is 3.45. The van der Waals surface area contributed by atoms with Crippen LogP contribution in [0.15, 0.2) is 60.9 Å². The number of imidazole rings is 1. The third-order valence-corrected chi connectivity index (χ3v) is 4.90. The molecule has 6 nitrogen and oxygen atoms in total. The number of nitrogens with one attached hydrogen (secondary N) is 4. The summed E-state index contributed by atoms with van der Waals surface area (Å²) < 4.78 is 15.6. The largest absolute Gasteiger partial charge is 0.337 e. The fourth-order valence-electron chi connectivity index (χ4n) is 3.22. The molecular weight excluding hydrogens is 365 g/mol. The molecule has 0 aliphatic carbocycles. The number of aromatic nitrogens is 2. The summed E-state index contributed by atoms with van der Waals surface area (Å²) in [5.41, 5.74) is 8.51. The Kier molecular flexibility index (Phi) is 4.85. The standard InChI is InChI=1S/C19H18FN5OS/c20-13-6-4-12(5-7-13)17-16(11-22-24-17)18(26)23-14-2-1-3-15(10-14)25-9-8-21-19(25)27/h1-10,16-17,22,24H,11H2,(H,21,27)(H,23,26). The SMILES string of the molecule is O=C(Nc1cccc(-n2cc[nH]c2=S)c1)C1CNNC1c1ccc(F)cc1. The molecule has 0 bridgehead atoms. The summed E-state index contributed by atoms with van der Waals surface area (Å²) in [5, 5.41) is 2.97. The summed E-state index contributed by atoms with van der Waals surface area (Å²) in [4.78, 5) is 15.8. The van der Waals surface area contributed by atoms with E-state index in [1.54, 1.807) is 18.3 Å². The lowest BCUT2D eigenvalue weighted by Gasteiger charge is -2.18. The molecule has 8 heteroatoms. The number of carbonyl (C=O) groups is 1. The normalized spacial score (nSPS) is 19.1. The number of hydrogen-bond acceptors (Lipinski definition) is 4. The van der Waals surface area contributed by atoms with Crippen molar-refractivity contribution >= 4 is 23.8 Å². The maximum atomic E-state index is 13.2. The molecule has 4 N–H and O–H groups in total. The molecular formula is C19H18FN5OS. The average molecular weight is 383 g/mol. The van der Waals surface area contributed by atoms with Crippen molar-refractivity contribution in [2.75, 3.05) is 11.9 Å². The fraction of sp³-hybridized carbons (Fsp3) is 0.158. The number of H-pyrrole nitrogens is 1. The van der Waals surface area contributed by atoms with Gasteiger partial charge in [-0.2, -0.15) is 0 Å². The lowest BCUT2D eigenvalue weighted by molar-refractivity contribution is -0.119. The zero-order chi connectivity index (χ0) is 18.8. The third-order valence-electron chi connectivity index (χ3n) is 4.59. The van der Waals surface area contributed by atoms with Gasteiger partial charge in [0.2, 0.25) is 5.91 Å². The summed E-state index contributed by atoms with van der Waals surface area (Å²) in [6.07, 6.45) is 3.59. The third kappa shape index (κ3) is 3.68. The molecule has 0 radical (unpaired) electrons. The predicted molar refractivity (Wildman–Crippen MR) is 103 cm³/mol. The minimum Gasteiger partial charge on any atom is -0.337 e. The summed E-state index contributed by atoms with van der Waals surface area (Å²) >= 11 is 5.24. The highest BCUT2D eigenvalue weighted by Crippen LogP contribution is 2.26. The minimum atomic E-state index is -0.325. The van der Waals surface area contributed by atoms with Crippen LogP contribution < -0.4 is 16.2 Å². The van der Waals surface area contributed by atoms with Crippen LogP contribution in [0.4, 0.5) is 10.1 Å². The first-order valence-corrected chi connectivity index (χ1v) is 8.94. The number of amides is 1. The predicted octanol–water partition coefficient (Wildman–Crippen LogP) is 3.08. The smallest absolute Gasteiger partial charge is 0.230 e. The summed E-state index contributed by atoms with van der Waals surface area (Å²) in [7, 11) is 0. The van der Waals surface area contributed by atoms with Gasteiger partial charge in [-0.05, 0) is 48.1 Å². The topological polar surface area (TPSA) is 73.9 Å². The number of rotatable bonds is 4. The average Bonchev–Trinajstić information content (AvgIpc) is 3.31. The van der Waals surface area contributed by atoms with Crippen molar-refractivity contribution in [2.24, 2.45) is 5.92 Å². The number of hydrogen-bond donors (Lipinski definition) is 4. The van der Waals surface area contributed by atoms with Gasteiger partial charge in [-0.15, -0.1) is 0 Å². The maximum absolute atomic E-state index is 13.2. The molecule has 1 fully saturated rings. The molecule has 1 aliphatic heterocycles. The first-order chi connectivity index (χ1) is 13.1. The van der Waals surface area contributed by atoms with Crippen LogP contribution in [0.1, 0.15) is 11.6 Å². The van der Waals surface area contributed by atoms with E-state index in [9.17, 15) is 9.18 Å². The highest BCUT2D eigenvalue weighted by Gasteiger charge is 2.34. The van der Waals surface area contributed by atoms with Crippen LogP contribution in [-0.4, -0.2) is 22.0 Å². The molecule has 2 unspecified atom stereocenters. The van der Waals surface area contributed by atoms with Crippen LogP contribution in [0.3, 0.4) is 0 Å². The highest BCUT2D eigenvalue weighted by molar-refractivity contribution is 7.71. The van der Waals surface area contributed by atoms with Gasteiger partial charge in [-0.1, -0.05) is 18.2 Å². The molecule has 2 atom stereocenters. The summed E-state index contributed by atoms with van der Waals surface area (Å²) in [5.74, 6) is -0.740. The Morgan fingerprint density at radius 1 is 1.22 bits per heavy atom. The maximum Gasteiger partial charge on any atom is 0.230 e. The second-order valence-electron chi connectivity index (χ2n) is 6.34. The van der Waals surface area contributed by atoms with Crippen LogP contribution in [0, 0.1) is 16.5 Å². The highest BCUT2D eigenvalue weighted by atomic mass is 32.1. The quantitative estimate of drug-likeness (QED) is 0.523. The Morgan fingerprint density at radius 3 is 2.78 bits per heavy atom. The van der Waals surface area contributed by atoms with Crippen molar-refractivity contribution in [3.05, 3.63) is 77.1 Å². The molecule has 0 saturated carbocycles. The van der Waals surface area contributed by atoms with E-state index in [1.807, 2.05) is 35.0 Å². The molecule has 4 rings (SSSR count). The van der Waals surface area contributed by atoms with Crippen molar-refractivity contribution in [1.29, 1.82) is 0 Å². The number of benzene rings is 2. The van der Waals surface area contributed by atoms with Crippen LogP contribution in [0.5, 0.6) is 0 Å². The molecule has 1 aliphatic rings. The molecule has 2 heterocycles. The van der Waals surface area contributed by atoms with E-state index in [4.69, 9.17) is 12.2 Å². The van der Waals surface area contributed by atoms with Crippen LogP contribution in [0.25, 0.3) is 5.69 Å². The number of halogens is 1. The Balaban J connectivity index is 1.52. The van der Waals surface area contributed by atoms with Crippen molar-refractivity contribution in [2.45, 2.75) is 6.04 Å². The zero-order valence-corrected chi connectivity index (χ0v) is 15.1. The monoisotopic (exact) mass is 383 g/mol. The van der Waals surface area contributed by atoms with Crippen molar-refractivity contribution in [1.82, 2.24) is 20.4 Å². The van der Waals surface area contributed by atoms with E-state index >= 15 is 0 Å². The van der Waals surface area contributed by atoms with Gasteiger partial charge in [-0.3, -0.25) is 14.8 Å². The first-order valence-electron chi connectivity index (χ1n) is 8.53. The van der Waals surface area contributed by atoms with Crippen LogP contribution in [-0.2, 0) is 4.79 Å². The van der Waals surface area contributed by atoms with Crippen molar-refractivity contribution in [3.63, 3.8) is 0 Å².